The van der Waals surface area contributed by atoms with E-state index in [4.69, 9.17) is 24.5 Å². The summed E-state index contributed by atoms with van der Waals surface area (Å²) >= 11 is 0. The summed E-state index contributed by atoms with van der Waals surface area (Å²) in [5.74, 6) is -3.65. The van der Waals surface area contributed by atoms with Gasteiger partial charge in [-0.1, -0.05) is 24.3 Å². The van der Waals surface area contributed by atoms with Crippen molar-refractivity contribution in [3.63, 3.8) is 0 Å². The highest BCUT2D eigenvalue weighted by molar-refractivity contribution is 6.27. The van der Waals surface area contributed by atoms with Gasteiger partial charge in [0.2, 0.25) is 0 Å². The molecule has 3 rings (SSSR count). The maximum absolute atomic E-state index is 9.92. The molecule has 0 aliphatic heterocycles. The standard InChI is InChI=1S/C16H23NO2.C2H2O4/c18-14(10-17-13-8-9-13)11-19-16-7-3-5-12-4-1-2-6-15(12)16;3-1(4)2(5)6/h1-2,4,6,13-14,16-18H,3,5,7-11H2;(H,3,4)(H,5,6). The Morgan fingerprint density at radius 3 is 2.48 bits per heavy atom. The van der Waals surface area contributed by atoms with Crippen molar-refractivity contribution < 1.29 is 29.6 Å². The number of aliphatic hydroxyl groups is 1. The number of aryl methyl sites for hydroxylation is 1. The molecule has 0 heterocycles. The molecule has 4 N–H and O–H groups in total. The first-order valence-corrected chi connectivity index (χ1v) is 8.54. The van der Waals surface area contributed by atoms with Gasteiger partial charge < -0.3 is 25.4 Å². The number of fused-ring (bicyclic) bond motifs is 1. The number of hydrogen-bond donors (Lipinski definition) is 4. The van der Waals surface area contributed by atoms with E-state index in [1.165, 1.54) is 30.4 Å². The van der Waals surface area contributed by atoms with Gasteiger partial charge in [0.25, 0.3) is 0 Å². The van der Waals surface area contributed by atoms with Crippen LogP contribution in [0.3, 0.4) is 0 Å². The summed E-state index contributed by atoms with van der Waals surface area (Å²) in [4.78, 5) is 18.2. The smallest absolute Gasteiger partial charge is 0.414 e. The second kappa shape index (κ2) is 9.50. The van der Waals surface area contributed by atoms with Crippen molar-refractivity contribution >= 4 is 11.9 Å². The molecule has 2 atom stereocenters. The molecule has 2 unspecified atom stereocenters. The molecule has 138 valence electrons. The van der Waals surface area contributed by atoms with Gasteiger partial charge in [0.15, 0.2) is 0 Å². The number of ether oxygens (including phenoxy) is 1. The van der Waals surface area contributed by atoms with Gasteiger partial charge in [0.1, 0.15) is 0 Å². The van der Waals surface area contributed by atoms with E-state index in [-0.39, 0.29) is 6.10 Å². The van der Waals surface area contributed by atoms with Crippen LogP contribution in [0, 0.1) is 0 Å². The lowest BCUT2D eigenvalue weighted by Gasteiger charge is -2.26. The molecule has 7 heteroatoms. The predicted molar refractivity (Wildman–Crippen MR) is 90.4 cm³/mol. The molecular weight excluding hydrogens is 326 g/mol. The molecule has 1 saturated carbocycles. The Hall–Kier alpha value is -1.96. The maximum atomic E-state index is 9.92. The first-order valence-electron chi connectivity index (χ1n) is 8.54. The fourth-order valence-corrected chi connectivity index (χ4v) is 2.76. The van der Waals surface area contributed by atoms with Crippen LogP contribution < -0.4 is 5.32 Å². The predicted octanol–water partition coefficient (Wildman–Crippen LogP) is 1.35. The Labute approximate surface area is 146 Å². The SMILES string of the molecule is O=C(O)C(=O)O.OC(CNC1CC1)COC1CCCc2ccccc21. The highest BCUT2D eigenvalue weighted by Crippen LogP contribution is 2.32. The van der Waals surface area contributed by atoms with Crippen LogP contribution in [0.1, 0.15) is 42.9 Å². The number of hydrogen-bond acceptors (Lipinski definition) is 5. The fourth-order valence-electron chi connectivity index (χ4n) is 2.76. The molecule has 7 nitrogen and oxygen atoms in total. The lowest BCUT2D eigenvalue weighted by molar-refractivity contribution is -0.159. The first-order chi connectivity index (χ1) is 12.0. The van der Waals surface area contributed by atoms with Crippen LogP contribution in [0.2, 0.25) is 0 Å². The highest BCUT2D eigenvalue weighted by Gasteiger charge is 2.23. The van der Waals surface area contributed by atoms with Gasteiger partial charge in [-0.2, -0.15) is 0 Å². The maximum Gasteiger partial charge on any atom is 0.414 e. The van der Waals surface area contributed by atoms with E-state index in [0.29, 0.717) is 19.2 Å². The molecule has 0 bridgehead atoms. The third-order valence-corrected chi connectivity index (χ3v) is 4.21. The van der Waals surface area contributed by atoms with Gasteiger partial charge in [-0.3, -0.25) is 0 Å². The van der Waals surface area contributed by atoms with Crippen LogP contribution in [0.4, 0.5) is 0 Å². The fraction of sp³-hybridized carbons (Fsp3) is 0.556. The molecule has 25 heavy (non-hydrogen) atoms. The lowest BCUT2D eigenvalue weighted by Crippen LogP contribution is -2.32. The minimum atomic E-state index is -1.82. The van der Waals surface area contributed by atoms with E-state index in [1.807, 2.05) is 0 Å². The van der Waals surface area contributed by atoms with Gasteiger partial charge in [0.05, 0.1) is 18.8 Å². The average Bonchev–Trinajstić information content (AvgIpc) is 3.43. The minimum absolute atomic E-state index is 0.167. The number of nitrogens with one attached hydrogen (secondary N) is 1. The molecule has 2 aliphatic rings. The number of rotatable bonds is 6. The molecule has 0 aromatic heterocycles. The molecule has 0 radical (unpaired) electrons. The number of aliphatic hydroxyl groups excluding tert-OH is 1. The molecule has 0 saturated heterocycles. The van der Waals surface area contributed by atoms with E-state index in [0.717, 1.165) is 12.8 Å². The van der Waals surface area contributed by atoms with Crippen molar-refractivity contribution in [1.82, 2.24) is 5.32 Å². The van der Waals surface area contributed by atoms with Crippen LogP contribution in [0.15, 0.2) is 24.3 Å². The number of carboxylic acids is 2. The Kier molecular flexibility index (Phi) is 7.36. The van der Waals surface area contributed by atoms with Crippen LogP contribution >= 0.6 is 0 Å². The second-order valence-corrected chi connectivity index (χ2v) is 6.36. The molecule has 2 aliphatic carbocycles. The van der Waals surface area contributed by atoms with E-state index in [1.54, 1.807) is 0 Å². The molecule has 0 spiro atoms. The van der Waals surface area contributed by atoms with Crippen molar-refractivity contribution in [3.05, 3.63) is 35.4 Å². The Morgan fingerprint density at radius 2 is 1.84 bits per heavy atom. The lowest BCUT2D eigenvalue weighted by atomic mass is 9.89. The molecule has 1 aromatic carbocycles. The van der Waals surface area contributed by atoms with E-state index in [2.05, 4.69) is 29.6 Å². The van der Waals surface area contributed by atoms with Crippen molar-refractivity contribution in [1.29, 1.82) is 0 Å². The second-order valence-electron chi connectivity index (χ2n) is 6.36. The largest absolute Gasteiger partial charge is 0.473 e. The highest BCUT2D eigenvalue weighted by atomic mass is 16.5. The zero-order valence-corrected chi connectivity index (χ0v) is 14.1. The molecule has 1 aromatic rings. The minimum Gasteiger partial charge on any atom is -0.473 e. The monoisotopic (exact) mass is 351 g/mol. The number of aliphatic carboxylic acids is 2. The number of carboxylic acid groups (broad SMARTS) is 2. The van der Waals surface area contributed by atoms with Crippen LogP contribution in [0.25, 0.3) is 0 Å². The van der Waals surface area contributed by atoms with Gasteiger partial charge in [-0.05, 0) is 43.2 Å². The van der Waals surface area contributed by atoms with Crippen molar-refractivity contribution in [3.8, 4) is 0 Å². The summed E-state index contributed by atoms with van der Waals surface area (Å²) < 4.78 is 5.93. The third kappa shape index (κ3) is 6.81. The van der Waals surface area contributed by atoms with Gasteiger partial charge in [0, 0.05) is 12.6 Å². The van der Waals surface area contributed by atoms with Crippen LogP contribution in [-0.2, 0) is 20.7 Å². The topological polar surface area (TPSA) is 116 Å². The summed E-state index contributed by atoms with van der Waals surface area (Å²) in [6.07, 6.45) is 5.68. The van der Waals surface area contributed by atoms with Gasteiger partial charge in [-0.15, -0.1) is 0 Å². The number of carbonyl (C=O) groups is 2. The van der Waals surface area contributed by atoms with Crippen molar-refractivity contribution in [2.45, 2.75) is 50.4 Å². The number of benzene rings is 1. The van der Waals surface area contributed by atoms with Gasteiger partial charge >= 0.3 is 11.9 Å². The zero-order valence-electron chi connectivity index (χ0n) is 14.1. The molecular formula is C18H25NO6. The normalized spacial score (nSPS) is 20.0. The van der Waals surface area contributed by atoms with E-state index >= 15 is 0 Å². The van der Waals surface area contributed by atoms with E-state index in [9.17, 15) is 5.11 Å². The quantitative estimate of drug-likeness (QED) is 0.572. The third-order valence-electron chi connectivity index (χ3n) is 4.21. The first kappa shape index (κ1) is 19.4. The van der Waals surface area contributed by atoms with Crippen molar-refractivity contribution in [2.24, 2.45) is 0 Å². The summed E-state index contributed by atoms with van der Waals surface area (Å²) in [6.45, 7) is 1.08. The average molecular weight is 351 g/mol. The molecule has 0 amide bonds. The van der Waals surface area contributed by atoms with Crippen molar-refractivity contribution in [2.75, 3.05) is 13.2 Å². The Bertz CT molecular complexity index is 575. The summed E-state index contributed by atoms with van der Waals surface area (Å²) in [6, 6.07) is 9.16. The Balaban J connectivity index is 0.000000326. The van der Waals surface area contributed by atoms with E-state index < -0.39 is 18.0 Å². The molecule has 1 fully saturated rings. The van der Waals surface area contributed by atoms with Crippen LogP contribution in [-0.4, -0.2) is 52.6 Å². The summed E-state index contributed by atoms with van der Waals surface area (Å²) in [5.41, 5.74) is 2.72. The van der Waals surface area contributed by atoms with Gasteiger partial charge in [-0.25, -0.2) is 9.59 Å². The zero-order chi connectivity index (χ0) is 18.2. The summed E-state index contributed by atoms with van der Waals surface area (Å²) in [5, 5.41) is 28.0. The Morgan fingerprint density at radius 1 is 1.16 bits per heavy atom. The van der Waals surface area contributed by atoms with Crippen LogP contribution in [0.5, 0.6) is 0 Å². The summed E-state index contributed by atoms with van der Waals surface area (Å²) in [7, 11) is 0.